The molecule has 4 bridgehead atoms. The first-order valence-corrected chi connectivity index (χ1v) is 9.37. The van der Waals surface area contributed by atoms with E-state index in [0.717, 1.165) is 50.9 Å². The van der Waals surface area contributed by atoms with Gasteiger partial charge < -0.3 is 11.1 Å². The summed E-state index contributed by atoms with van der Waals surface area (Å²) in [5.41, 5.74) is 6.78. The van der Waals surface area contributed by atoms with Gasteiger partial charge in [0.05, 0.1) is 5.41 Å². The fourth-order valence-corrected chi connectivity index (χ4v) is 7.30. The summed E-state index contributed by atoms with van der Waals surface area (Å²) >= 11 is 0. The number of hydrogen-bond donors (Lipinski definition) is 2. The van der Waals surface area contributed by atoms with E-state index in [0.29, 0.717) is 28.8 Å². The van der Waals surface area contributed by atoms with Gasteiger partial charge in [0, 0.05) is 12.1 Å². The molecule has 5 rings (SSSR count). The normalized spacial score (nSPS) is 51.2. The SMILES string of the molecule is CC12CC3CC(C)(C1)CC(C(=O)NC1CCC(N)CC1)(C3)C2.Cl. The Morgan fingerprint density at radius 1 is 0.957 bits per heavy atom. The number of carbonyl (C=O) groups excluding carboxylic acids is 1. The third-order valence-corrected chi connectivity index (χ3v) is 7.21. The minimum Gasteiger partial charge on any atom is -0.353 e. The zero-order valence-electron chi connectivity index (χ0n) is 14.7. The van der Waals surface area contributed by atoms with Gasteiger partial charge in [-0.15, -0.1) is 12.4 Å². The maximum Gasteiger partial charge on any atom is 0.226 e. The Labute approximate surface area is 146 Å². The van der Waals surface area contributed by atoms with Gasteiger partial charge in [-0.2, -0.15) is 0 Å². The lowest BCUT2D eigenvalue weighted by molar-refractivity contribution is -0.170. The molecule has 0 aromatic rings. The zero-order chi connectivity index (χ0) is 15.6. The van der Waals surface area contributed by atoms with Crippen molar-refractivity contribution in [2.24, 2.45) is 27.9 Å². The van der Waals surface area contributed by atoms with Crippen LogP contribution in [0.15, 0.2) is 0 Å². The Morgan fingerprint density at radius 3 is 2.04 bits per heavy atom. The summed E-state index contributed by atoms with van der Waals surface area (Å²) in [6.45, 7) is 4.88. The molecule has 2 unspecified atom stereocenters. The predicted molar refractivity (Wildman–Crippen MR) is 95.5 cm³/mol. The highest BCUT2D eigenvalue weighted by Gasteiger charge is 2.62. The molecule has 0 saturated heterocycles. The average molecular weight is 341 g/mol. The van der Waals surface area contributed by atoms with Crippen molar-refractivity contribution in [3.05, 3.63) is 0 Å². The zero-order valence-corrected chi connectivity index (χ0v) is 15.5. The number of hydrogen-bond acceptors (Lipinski definition) is 2. The topological polar surface area (TPSA) is 55.1 Å². The van der Waals surface area contributed by atoms with Crippen molar-refractivity contribution in [3.63, 3.8) is 0 Å². The lowest BCUT2D eigenvalue weighted by atomic mass is 9.40. The third kappa shape index (κ3) is 3.04. The Balaban J connectivity index is 0.00000156. The van der Waals surface area contributed by atoms with Crippen LogP contribution in [0.25, 0.3) is 0 Å². The van der Waals surface area contributed by atoms with Crippen LogP contribution in [-0.2, 0) is 4.79 Å². The lowest BCUT2D eigenvalue weighted by Gasteiger charge is -2.64. The van der Waals surface area contributed by atoms with Crippen LogP contribution in [-0.4, -0.2) is 18.0 Å². The van der Waals surface area contributed by atoms with Gasteiger partial charge in [-0.05, 0) is 81.0 Å². The summed E-state index contributed by atoms with van der Waals surface area (Å²) in [6, 6.07) is 0.728. The van der Waals surface area contributed by atoms with Crippen LogP contribution in [0, 0.1) is 22.2 Å². The number of rotatable bonds is 2. The van der Waals surface area contributed by atoms with Crippen LogP contribution >= 0.6 is 12.4 Å². The molecule has 0 aliphatic heterocycles. The maximum atomic E-state index is 13.2. The van der Waals surface area contributed by atoms with E-state index in [1.807, 2.05) is 0 Å². The minimum absolute atomic E-state index is 0. The van der Waals surface area contributed by atoms with Crippen LogP contribution in [0.3, 0.4) is 0 Å². The van der Waals surface area contributed by atoms with E-state index >= 15 is 0 Å². The molecule has 0 heterocycles. The van der Waals surface area contributed by atoms with E-state index in [2.05, 4.69) is 19.2 Å². The van der Waals surface area contributed by atoms with E-state index in [1.165, 1.54) is 19.3 Å². The number of nitrogens with one attached hydrogen (secondary N) is 1. The number of nitrogens with two attached hydrogens (primary N) is 1. The quantitative estimate of drug-likeness (QED) is 0.803. The van der Waals surface area contributed by atoms with Crippen molar-refractivity contribution >= 4 is 18.3 Å². The standard InChI is InChI=1S/C19H32N2O.ClH/c1-17-7-13-8-18(2,10-17)12-19(9-13,11-17)16(22)21-15-5-3-14(20)4-6-15;/h13-15H,3-12,20H2,1-2H3,(H,21,22);1H. The molecule has 0 spiro atoms. The molecular weight excluding hydrogens is 308 g/mol. The molecule has 3 nitrogen and oxygen atoms in total. The first-order valence-electron chi connectivity index (χ1n) is 9.37. The van der Waals surface area contributed by atoms with Gasteiger partial charge in [-0.3, -0.25) is 4.79 Å². The molecule has 5 fully saturated rings. The molecule has 5 aliphatic rings. The van der Waals surface area contributed by atoms with Crippen molar-refractivity contribution in [1.82, 2.24) is 5.32 Å². The Hall–Kier alpha value is -0.280. The van der Waals surface area contributed by atoms with E-state index in [1.54, 1.807) is 0 Å². The Bertz CT molecular complexity index is 468. The van der Waals surface area contributed by atoms with Crippen LogP contribution < -0.4 is 11.1 Å². The van der Waals surface area contributed by atoms with Gasteiger partial charge >= 0.3 is 0 Å². The molecule has 4 heteroatoms. The van der Waals surface area contributed by atoms with Crippen molar-refractivity contribution in [2.75, 3.05) is 0 Å². The molecule has 132 valence electrons. The van der Waals surface area contributed by atoms with Crippen LogP contribution in [0.1, 0.15) is 78.1 Å². The molecule has 0 radical (unpaired) electrons. The fraction of sp³-hybridized carbons (Fsp3) is 0.947. The second-order valence-electron chi connectivity index (χ2n) is 10.00. The van der Waals surface area contributed by atoms with E-state index in [-0.39, 0.29) is 17.8 Å². The van der Waals surface area contributed by atoms with Gasteiger partial charge in [-0.25, -0.2) is 0 Å². The summed E-state index contributed by atoms with van der Waals surface area (Å²) < 4.78 is 0. The van der Waals surface area contributed by atoms with E-state index in [9.17, 15) is 4.79 Å². The molecule has 0 aromatic heterocycles. The Kier molecular flexibility index (Phi) is 4.29. The van der Waals surface area contributed by atoms with Crippen molar-refractivity contribution in [2.45, 2.75) is 90.1 Å². The van der Waals surface area contributed by atoms with Gasteiger partial charge in [-0.1, -0.05) is 13.8 Å². The molecule has 5 aliphatic carbocycles. The highest BCUT2D eigenvalue weighted by atomic mass is 35.5. The Morgan fingerprint density at radius 2 is 1.52 bits per heavy atom. The first-order chi connectivity index (χ1) is 10.3. The highest BCUT2D eigenvalue weighted by molar-refractivity contribution is 5.85. The minimum atomic E-state index is -0.0531. The lowest BCUT2D eigenvalue weighted by Crippen LogP contribution is -2.61. The largest absolute Gasteiger partial charge is 0.353 e. The number of carbonyl (C=O) groups is 1. The molecule has 0 aromatic carbocycles. The summed E-state index contributed by atoms with van der Waals surface area (Å²) in [7, 11) is 0. The third-order valence-electron chi connectivity index (χ3n) is 7.21. The fourth-order valence-electron chi connectivity index (χ4n) is 7.30. The number of amides is 1. The summed E-state index contributed by atoms with van der Waals surface area (Å²) in [6.07, 6.45) is 11.7. The van der Waals surface area contributed by atoms with E-state index in [4.69, 9.17) is 5.73 Å². The predicted octanol–water partition coefficient (Wildman–Crippen LogP) is 3.79. The van der Waals surface area contributed by atoms with Crippen molar-refractivity contribution < 1.29 is 4.79 Å². The monoisotopic (exact) mass is 340 g/mol. The molecule has 1 amide bonds. The van der Waals surface area contributed by atoms with Crippen LogP contribution in [0.4, 0.5) is 0 Å². The highest BCUT2D eigenvalue weighted by Crippen LogP contribution is 2.69. The molecule has 2 atom stereocenters. The smallest absolute Gasteiger partial charge is 0.226 e. The molecule has 23 heavy (non-hydrogen) atoms. The first kappa shape index (κ1) is 17.5. The maximum absolute atomic E-state index is 13.2. The average Bonchev–Trinajstić information content (AvgIpc) is 2.37. The molecule has 3 N–H and O–H groups in total. The second-order valence-corrected chi connectivity index (χ2v) is 10.00. The summed E-state index contributed by atoms with van der Waals surface area (Å²) in [4.78, 5) is 13.2. The molecular formula is C19H33ClN2O. The summed E-state index contributed by atoms with van der Waals surface area (Å²) in [5.74, 6) is 1.17. The molecule has 5 saturated carbocycles. The van der Waals surface area contributed by atoms with Crippen LogP contribution in [0.2, 0.25) is 0 Å². The van der Waals surface area contributed by atoms with Gasteiger partial charge in [0.25, 0.3) is 0 Å². The van der Waals surface area contributed by atoms with Crippen molar-refractivity contribution in [3.8, 4) is 0 Å². The van der Waals surface area contributed by atoms with Gasteiger partial charge in [0.2, 0.25) is 5.91 Å². The number of halogens is 1. The second kappa shape index (κ2) is 5.62. The van der Waals surface area contributed by atoms with E-state index < -0.39 is 0 Å². The van der Waals surface area contributed by atoms with Crippen LogP contribution in [0.5, 0.6) is 0 Å². The van der Waals surface area contributed by atoms with Gasteiger partial charge in [0.15, 0.2) is 0 Å². The van der Waals surface area contributed by atoms with Gasteiger partial charge in [0.1, 0.15) is 0 Å². The summed E-state index contributed by atoms with van der Waals surface area (Å²) in [5, 5.41) is 3.44. The van der Waals surface area contributed by atoms with Crippen molar-refractivity contribution in [1.29, 1.82) is 0 Å².